The van der Waals surface area contributed by atoms with Gasteiger partial charge in [-0.2, -0.15) is 5.10 Å². The molecule has 2 N–H and O–H groups in total. The van der Waals surface area contributed by atoms with Crippen molar-refractivity contribution in [2.24, 2.45) is 0 Å². The highest BCUT2D eigenvalue weighted by Gasteiger charge is 2.32. The summed E-state index contributed by atoms with van der Waals surface area (Å²) in [5.41, 5.74) is 1.93. The summed E-state index contributed by atoms with van der Waals surface area (Å²) in [6.07, 6.45) is 4.04. The van der Waals surface area contributed by atoms with Crippen molar-refractivity contribution in [3.05, 3.63) is 48.3 Å². The summed E-state index contributed by atoms with van der Waals surface area (Å²) >= 11 is 0. The fourth-order valence-corrected chi connectivity index (χ4v) is 2.84. The van der Waals surface area contributed by atoms with Crippen molar-refractivity contribution < 1.29 is 15.0 Å². The topological polar surface area (TPSA) is 78.6 Å². The lowest BCUT2D eigenvalue weighted by molar-refractivity contribution is -0.146. The average Bonchev–Trinajstić information content (AvgIpc) is 2.98. The fraction of sp³-hybridized carbons (Fsp3) is 0.375. The number of piperidine rings is 1. The number of hydrogen-bond acceptors (Lipinski definition) is 4. The number of hydrogen-bond donors (Lipinski definition) is 2. The molecule has 0 unspecified atom stereocenters. The third-order valence-corrected chi connectivity index (χ3v) is 4.01. The number of carbonyl (C=O) groups is 1. The summed E-state index contributed by atoms with van der Waals surface area (Å²) < 4.78 is 1.78. The number of likely N-dealkylation sites (tertiary alicyclic amines) is 1. The van der Waals surface area contributed by atoms with E-state index in [-0.39, 0.29) is 6.42 Å². The van der Waals surface area contributed by atoms with Crippen LogP contribution in [-0.2, 0) is 11.3 Å². The highest BCUT2D eigenvalue weighted by atomic mass is 16.4. The molecule has 2 aromatic rings. The van der Waals surface area contributed by atoms with E-state index in [0.29, 0.717) is 19.5 Å². The van der Waals surface area contributed by atoms with E-state index >= 15 is 0 Å². The Labute approximate surface area is 128 Å². The zero-order valence-electron chi connectivity index (χ0n) is 12.2. The van der Waals surface area contributed by atoms with Gasteiger partial charge in [-0.05, 0) is 25.0 Å². The number of rotatable bonds is 4. The number of para-hydroxylation sites is 1. The predicted molar refractivity (Wildman–Crippen MR) is 80.6 cm³/mol. The van der Waals surface area contributed by atoms with Gasteiger partial charge in [0.1, 0.15) is 6.04 Å². The number of aliphatic hydroxyl groups excluding tert-OH is 1. The van der Waals surface area contributed by atoms with E-state index in [0.717, 1.165) is 11.3 Å². The molecule has 0 amide bonds. The van der Waals surface area contributed by atoms with Crippen molar-refractivity contribution in [3.8, 4) is 5.69 Å². The van der Waals surface area contributed by atoms with Crippen LogP contribution in [-0.4, -0.2) is 49.6 Å². The molecule has 3 rings (SSSR count). The molecule has 0 radical (unpaired) electrons. The Morgan fingerprint density at radius 3 is 2.82 bits per heavy atom. The van der Waals surface area contributed by atoms with Gasteiger partial charge in [-0.1, -0.05) is 18.2 Å². The number of aliphatic hydroxyl groups is 1. The first-order valence-electron chi connectivity index (χ1n) is 7.37. The third kappa shape index (κ3) is 3.18. The Morgan fingerprint density at radius 2 is 2.09 bits per heavy atom. The van der Waals surface area contributed by atoms with Crippen LogP contribution in [0.15, 0.2) is 42.7 Å². The SMILES string of the molecule is O=C(O)[C@@H]1C[C@H](O)CCN1Cc1cnn(-c2ccccc2)c1. The summed E-state index contributed by atoms with van der Waals surface area (Å²) in [4.78, 5) is 13.2. The van der Waals surface area contributed by atoms with Crippen molar-refractivity contribution >= 4 is 5.97 Å². The lowest BCUT2D eigenvalue weighted by atomic mass is 9.99. The van der Waals surface area contributed by atoms with Crippen LogP contribution in [0.2, 0.25) is 0 Å². The molecule has 0 saturated carbocycles. The minimum atomic E-state index is -0.880. The van der Waals surface area contributed by atoms with E-state index in [4.69, 9.17) is 0 Å². The van der Waals surface area contributed by atoms with Gasteiger partial charge >= 0.3 is 5.97 Å². The molecule has 2 heterocycles. The summed E-state index contributed by atoms with van der Waals surface area (Å²) in [6, 6.07) is 9.14. The van der Waals surface area contributed by atoms with Gasteiger partial charge in [-0.25, -0.2) is 4.68 Å². The predicted octanol–water partition coefficient (Wildman–Crippen LogP) is 1.28. The zero-order chi connectivity index (χ0) is 15.5. The number of aliphatic carboxylic acids is 1. The van der Waals surface area contributed by atoms with Crippen molar-refractivity contribution in [1.29, 1.82) is 0 Å². The van der Waals surface area contributed by atoms with Crippen LogP contribution in [0.5, 0.6) is 0 Å². The van der Waals surface area contributed by atoms with Crippen LogP contribution in [0.25, 0.3) is 5.69 Å². The second kappa shape index (κ2) is 6.29. The Balaban J connectivity index is 1.73. The maximum atomic E-state index is 11.4. The molecule has 22 heavy (non-hydrogen) atoms. The van der Waals surface area contributed by atoms with Gasteiger partial charge in [-0.15, -0.1) is 0 Å². The monoisotopic (exact) mass is 301 g/mol. The Morgan fingerprint density at radius 1 is 1.32 bits per heavy atom. The first-order valence-corrected chi connectivity index (χ1v) is 7.37. The lowest BCUT2D eigenvalue weighted by Gasteiger charge is -2.34. The number of benzene rings is 1. The molecule has 1 aromatic heterocycles. The molecule has 1 aliphatic rings. The summed E-state index contributed by atoms with van der Waals surface area (Å²) in [7, 11) is 0. The molecule has 1 aliphatic heterocycles. The minimum Gasteiger partial charge on any atom is -0.480 e. The van der Waals surface area contributed by atoms with Gasteiger partial charge in [0.05, 0.1) is 18.0 Å². The van der Waals surface area contributed by atoms with Gasteiger partial charge in [0.25, 0.3) is 0 Å². The number of nitrogens with zero attached hydrogens (tertiary/aromatic N) is 3. The fourth-order valence-electron chi connectivity index (χ4n) is 2.84. The van der Waals surface area contributed by atoms with E-state index in [1.165, 1.54) is 0 Å². The van der Waals surface area contributed by atoms with Crippen LogP contribution in [0, 0.1) is 0 Å². The van der Waals surface area contributed by atoms with Crippen LogP contribution >= 0.6 is 0 Å². The molecule has 2 atom stereocenters. The molecular formula is C16H19N3O3. The Kier molecular flexibility index (Phi) is 4.22. The molecule has 6 nitrogen and oxygen atoms in total. The van der Waals surface area contributed by atoms with Gasteiger partial charge in [-0.3, -0.25) is 9.69 Å². The second-order valence-corrected chi connectivity index (χ2v) is 5.63. The summed E-state index contributed by atoms with van der Waals surface area (Å²) in [6.45, 7) is 1.10. The zero-order valence-corrected chi connectivity index (χ0v) is 12.2. The van der Waals surface area contributed by atoms with Gasteiger partial charge in [0, 0.05) is 24.8 Å². The van der Waals surface area contributed by atoms with Crippen LogP contribution in [0.4, 0.5) is 0 Å². The van der Waals surface area contributed by atoms with Gasteiger partial charge < -0.3 is 10.2 Å². The molecule has 0 bridgehead atoms. The number of carboxylic acid groups (broad SMARTS) is 1. The Hall–Kier alpha value is -2.18. The molecule has 6 heteroatoms. The number of carboxylic acids is 1. The van der Waals surface area contributed by atoms with Crippen LogP contribution in [0.3, 0.4) is 0 Å². The number of aromatic nitrogens is 2. The van der Waals surface area contributed by atoms with E-state index in [1.807, 2.05) is 41.4 Å². The summed E-state index contributed by atoms with van der Waals surface area (Å²) in [5, 5.41) is 23.3. The first-order chi connectivity index (χ1) is 10.6. The van der Waals surface area contributed by atoms with E-state index in [1.54, 1.807) is 10.9 Å². The van der Waals surface area contributed by atoms with Crippen LogP contribution in [0.1, 0.15) is 18.4 Å². The largest absolute Gasteiger partial charge is 0.480 e. The van der Waals surface area contributed by atoms with Crippen molar-refractivity contribution in [3.63, 3.8) is 0 Å². The standard InChI is InChI=1S/C16H19N3O3/c20-14-6-7-18(15(8-14)16(21)22)10-12-9-17-19(11-12)13-4-2-1-3-5-13/h1-5,9,11,14-15,20H,6-8,10H2,(H,21,22)/t14-,15+/m1/s1. The van der Waals surface area contributed by atoms with Gasteiger partial charge in [0.15, 0.2) is 0 Å². The maximum absolute atomic E-state index is 11.4. The van der Waals surface area contributed by atoms with Gasteiger partial charge in [0.2, 0.25) is 0 Å². The Bertz CT molecular complexity index is 641. The molecule has 1 saturated heterocycles. The normalized spacial score (nSPS) is 22.6. The van der Waals surface area contributed by atoms with E-state index < -0.39 is 18.1 Å². The van der Waals surface area contributed by atoms with Crippen molar-refractivity contribution in [2.75, 3.05) is 6.54 Å². The first kappa shape index (κ1) is 14.7. The van der Waals surface area contributed by atoms with E-state index in [2.05, 4.69) is 5.10 Å². The van der Waals surface area contributed by atoms with Crippen LogP contribution < -0.4 is 0 Å². The maximum Gasteiger partial charge on any atom is 0.321 e. The molecule has 0 spiro atoms. The van der Waals surface area contributed by atoms with Crippen molar-refractivity contribution in [1.82, 2.24) is 14.7 Å². The molecule has 116 valence electrons. The second-order valence-electron chi connectivity index (χ2n) is 5.63. The third-order valence-electron chi connectivity index (χ3n) is 4.01. The molecule has 0 aliphatic carbocycles. The quantitative estimate of drug-likeness (QED) is 0.889. The summed E-state index contributed by atoms with van der Waals surface area (Å²) in [5.74, 6) is -0.880. The smallest absolute Gasteiger partial charge is 0.321 e. The molecular weight excluding hydrogens is 282 g/mol. The highest BCUT2D eigenvalue weighted by Crippen LogP contribution is 2.20. The average molecular weight is 301 g/mol. The lowest BCUT2D eigenvalue weighted by Crippen LogP contribution is -2.48. The van der Waals surface area contributed by atoms with E-state index in [9.17, 15) is 15.0 Å². The van der Waals surface area contributed by atoms with Crippen molar-refractivity contribution in [2.45, 2.75) is 31.5 Å². The highest BCUT2D eigenvalue weighted by molar-refractivity contribution is 5.73. The molecule has 1 aromatic carbocycles. The molecule has 1 fully saturated rings. The minimum absolute atomic E-state index is 0.280.